The lowest BCUT2D eigenvalue weighted by Gasteiger charge is -2.32. The van der Waals surface area contributed by atoms with Crippen LogP contribution in [0.2, 0.25) is 0 Å². The van der Waals surface area contributed by atoms with Crippen LogP contribution in [0.4, 0.5) is 0 Å². The molecule has 1 heterocycles. The molecule has 0 radical (unpaired) electrons. The third-order valence-corrected chi connectivity index (χ3v) is 5.25. The molecule has 0 spiro atoms. The first-order chi connectivity index (χ1) is 13.5. The minimum Gasteiger partial charge on any atom is -0.480 e. The topological polar surface area (TPSA) is 188 Å². The summed E-state index contributed by atoms with van der Waals surface area (Å²) in [6.45, 7) is 5.14. The fourth-order valence-corrected chi connectivity index (χ4v) is 3.05. The van der Waals surface area contributed by atoms with Crippen molar-refractivity contribution in [1.29, 1.82) is 0 Å². The lowest BCUT2D eigenvalue weighted by atomic mass is 9.96. The standard InChI is InChI=1S/C18H33N5O6/c1-4-9(2)14(22-16(26)13(20)10(3)24)17(27)23-7-5-6-12(23)15(25)21-8-11(19)18(28)29/h9-14,24H,4-8,19-20H2,1-3H3,(H,21,25)(H,22,26)(H,28,29)/t9-,10+,11-,12-,13-,14-/m0/s1. The van der Waals surface area contributed by atoms with E-state index in [9.17, 15) is 24.3 Å². The number of rotatable bonds is 10. The van der Waals surface area contributed by atoms with E-state index >= 15 is 0 Å². The molecule has 0 aromatic carbocycles. The predicted molar refractivity (Wildman–Crippen MR) is 104 cm³/mol. The van der Waals surface area contributed by atoms with Gasteiger partial charge in [-0.3, -0.25) is 19.2 Å². The number of carbonyl (C=O) groups is 4. The van der Waals surface area contributed by atoms with Gasteiger partial charge in [0.2, 0.25) is 17.7 Å². The molecule has 0 bridgehead atoms. The zero-order valence-corrected chi connectivity index (χ0v) is 17.1. The van der Waals surface area contributed by atoms with E-state index in [0.717, 1.165) is 0 Å². The average Bonchev–Trinajstić information content (AvgIpc) is 3.17. The van der Waals surface area contributed by atoms with Crippen molar-refractivity contribution in [2.75, 3.05) is 13.1 Å². The minimum atomic E-state index is -1.24. The second kappa shape index (κ2) is 11.1. The van der Waals surface area contributed by atoms with Gasteiger partial charge in [-0.05, 0) is 25.7 Å². The maximum atomic E-state index is 13.1. The van der Waals surface area contributed by atoms with Crippen LogP contribution in [0.5, 0.6) is 0 Å². The normalized spacial score (nSPS) is 21.6. The summed E-state index contributed by atoms with van der Waals surface area (Å²) in [5.74, 6) is -3.00. The van der Waals surface area contributed by atoms with Gasteiger partial charge in [0, 0.05) is 13.1 Å². The number of hydrogen-bond donors (Lipinski definition) is 6. The van der Waals surface area contributed by atoms with Crippen molar-refractivity contribution in [2.45, 2.75) is 70.3 Å². The van der Waals surface area contributed by atoms with Gasteiger partial charge in [-0.25, -0.2) is 0 Å². The number of aliphatic hydroxyl groups is 1. The van der Waals surface area contributed by atoms with Crippen LogP contribution in [0.1, 0.15) is 40.0 Å². The molecule has 0 aromatic rings. The Morgan fingerprint density at radius 2 is 1.83 bits per heavy atom. The molecule has 1 aliphatic heterocycles. The summed E-state index contributed by atoms with van der Waals surface area (Å²) < 4.78 is 0. The van der Waals surface area contributed by atoms with E-state index in [0.29, 0.717) is 25.8 Å². The van der Waals surface area contributed by atoms with Crippen molar-refractivity contribution in [3.63, 3.8) is 0 Å². The zero-order chi connectivity index (χ0) is 22.3. The molecule has 0 saturated carbocycles. The number of aliphatic hydroxyl groups excluding tert-OH is 1. The lowest BCUT2D eigenvalue weighted by Crippen LogP contribution is -2.59. The number of carboxylic acids is 1. The number of nitrogens with zero attached hydrogens (tertiary/aromatic N) is 1. The van der Waals surface area contributed by atoms with Crippen molar-refractivity contribution in [3.8, 4) is 0 Å². The predicted octanol–water partition coefficient (Wildman–Crippen LogP) is -2.26. The molecule has 0 aromatic heterocycles. The fraction of sp³-hybridized carbons (Fsp3) is 0.778. The van der Waals surface area contributed by atoms with Crippen LogP contribution < -0.4 is 22.1 Å². The number of amides is 3. The average molecular weight is 415 g/mol. The summed E-state index contributed by atoms with van der Waals surface area (Å²) in [6.07, 6.45) is 0.544. The molecule has 1 saturated heterocycles. The summed E-state index contributed by atoms with van der Waals surface area (Å²) >= 11 is 0. The fourth-order valence-electron chi connectivity index (χ4n) is 3.05. The van der Waals surface area contributed by atoms with E-state index in [1.165, 1.54) is 11.8 Å². The van der Waals surface area contributed by atoms with Crippen LogP contribution in [0, 0.1) is 5.92 Å². The summed E-state index contributed by atoms with van der Waals surface area (Å²) in [7, 11) is 0. The third-order valence-electron chi connectivity index (χ3n) is 5.25. The molecule has 0 aliphatic carbocycles. The smallest absolute Gasteiger partial charge is 0.322 e. The molecule has 8 N–H and O–H groups in total. The van der Waals surface area contributed by atoms with Gasteiger partial charge >= 0.3 is 5.97 Å². The number of carbonyl (C=O) groups excluding carboxylic acids is 3. The third kappa shape index (κ3) is 6.65. The van der Waals surface area contributed by atoms with Crippen LogP contribution in [0.25, 0.3) is 0 Å². The van der Waals surface area contributed by atoms with Crippen LogP contribution in [0.15, 0.2) is 0 Å². The Balaban J connectivity index is 2.89. The highest BCUT2D eigenvalue weighted by molar-refractivity contribution is 5.93. The van der Waals surface area contributed by atoms with Gasteiger partial charge in [-0.1, -0.05) is 20.3 Å². The number of likely N-dealkylation sites (tertiary alicyclic amines) is 1. The van der Waals surface area contributed by atoms with E-state index < -0.39 is 54.0 Å². The van der Waals surface area contributed by atoms with Crippen LogP contribution >= 0.6 is 0 Å². The van der Waals surface area contributed by atoms with Gasteiger partial charge in [0.1, 0.15) is 24.2 Å². The second-order valence-corrected chi connectivity index (χ2v) is 7.52. The highest BCUT2D eigenvalue weighted by Crippen LogP contribution is 2.21. The first-order valence-corrected chi connectivity index (χ1v) is 9.81. The monoisotopic (exact) mass is 415 g/mol. The summed E-state index contributed by atoms with van der Waals surface area (Å²) in [5.41, 5.74) is 11.1. The quantitative estimate of drug-likeness (QED) is 0.230. The first-order valence-electron chi connectivity index (χ1n) is 9.81. The van der Waals surface area contributed by atoms with Gasteiger partial charge in [0.15, 0.2) is 0 Å². The lowest BCUT2D eigenvalue weighted by molar-refractivity contribution is -0.143. The minimum absolute atomic E-state index is 0.225. The Bertz CT molecular complexity index is 614. The van der Waals surface area contributed by atoms with Gasteiger partial charge in [0.25, 0.3) is 0 Å². The molecule has 1 fully saturated rings. The highest BCUT2D eigenvalue weighted by Gasteiger charge is 2.39. The molecule has 1 rings (SSSR count). The van der Waals surface area contributed by atoms with Gasteiger partial charge in [-0.2, -0.15) is 0 Å². The number of nitrogens with two attached hydrogens (primary N) is 2. The van der Waals surface area contributed by atoms with E-state index in [-0.39, 0.29) is 12.5 Å². The number of hydrogen-bond acceptors (Lipinski definition) is 7. The van der Waals surface area contributed by atoms with Crippen LogP contribution in [-0.2, 0) is 19.2 Å². The number of aliphatic carboxylic acids is 1. The Kier molecular flexibility index (Phi) is 9.47. The van der Waals surface area contributed by atoms with Crippen LogP contribution in [0.3, 0.4) is 0 Å². The number of carboxylic acid groups (broad SMARTS) is 1. The summed E-state index contributed by atoms with van der Waals surface area (Å²) in [4.78, 5) is 50.1. The first kappa shape index (κ1) is 24.8. The number of nitrogens with one attached hydrogen (secondary N) is 2. The Morgan fingerprint density at radius 3 is 2.34 bits per heavy atom. The largest absolute Gasteiger partial charge is 0.480 e. The van der Waals surface area contributed by atoms with Crippen molar-refractivity contribution < 1.29 is 29.4 Å². The zero-order valence-electron chi connectivity index (χ0n) is 17.1. The van der Waals surface area contributed by atoms with Crippen molar-refractivity contribution in [2.24, 2.45) is 17.4 Å². The Morgan fingerprint density at radius 1 is 1.21 bits per heavy atom. The van der Waals surface area contributed by atoms with E-state index in [2.05, 4.69) is 10.6 Å². The molecule has 166 valence electrons. The van der Waals surface area contributed by atoms with E-state index in [1.807, 2.05) is 6.92 Å². The Hall–Kier alpha value is -2.24. The van der Waals surface area contributed by atoms with Crippen molar-refractivity contribution in [1.82, 2.24) is 15.5 Å². The van der Waals surface area contributed by atoms with Gasteiger partial charge < -0.3 is 37.2 Å². The summed E-state index contributed by atoms with van der Waals surface area (Å²) in [5, 5.41) is 23.4. The Labute approximate surface area is 170 Å². The SMILES string of the molecule is CC[C@H](C)[C@H](NC(=O)[C@@H](N)[C@@H](C)O)C(=O)N1CCC[C@H]1C(=O)NC[C@H](N)C(=O)O. The maximum absolute atomic E-state index is 13.1. The molecule has 11 nitrogen and oxygen atoms in total. The highest BCUT2D eigenvalue weighted by atomic mass is 16.4. The van der Waals surface area contributed by atoms with Crippen molar-refractivity contribution >= 4 is 23.7 Å². The molecule has 6 atom stereocenters. The molecule has 0 unspecified atom stereocenters. The maximum Gasteiger partial charge on any atom is 0.322 e. The van der Waals surface area contributed by atoms with Gasteiger partial charge in [-0.15, -0.1) is 0 Å². The second-order valence-electron chi connectivity index (χ2n) is 7.52. The molecule has 3 amide bonds. The van der Waals surface area contributed by atoms with Crippen molar-refractivity contribution in [3.05, 3.63) is 0 Å². The molecule has 11 heteroatoms. The molecule has 1 aliphatic rings. The van der Waals surface area contributed by atoms with E-state index in [4.69, 9.17) is 16.6 Å². The van der Waals surface area contributed by atoms with Crippen LogP contribution in [-0.4, -0.2) is 82.2 Å². The summed E-state index contributed by atoms with van der Waals surface area (Å²) in [6, 6.07) is -4.08. The molecule has 29 heavy (non-hydrogen) atoms. The molecular formula is C18H33N5O6. The van der Waals surface area contributed by atoms with E-state index in [1.54, 1.807) is 6.92 Å². The van der Waals surface area contributed by atoms with Gasteiger partial charge in [0.05, 0.1) is 6.10 Å². The molecular weight excluding hydrogens is 382 g/mol.